The lowest BCUT2D eigenvalue weighted by atomic mass is 9.98. The standard InChI is InChI=1S/C35H62O14P2/c1-25(2)17-16-18-26(3)19-20-27(50(40,46-21-42-28(36)32(4,5)6)47-22-43-29(37)33(7,8)9)51(41,48-23-44-30(38)34(10,11)12)49-24-45-31(39)35(13,14)15/h17,19,27H,16,18,20-24H2,1-15H3/b26-19+. The van der Waals surface area contributed by atoms with E-state index in [1.165, 1.54) is 0 Å². The van der Waals surface area contributed by atoms with Crippen molar-refractivity contribution in [3.63, 3.8) is 0 Å². The Labute approximate surface area is 304 Å². The smallest absolute Gasteiger partial charge is 0.351 e. The second-order valence-electron chi connectivity index (χ2n) is 16.4. The number of hydrogen-bond acceptors (Lipinski definition) is 14. The van der Waals surface area contributed by atoms with Crippen molar-refractivity contribution >= 4 is 39.1 Å². The second-order valence-corrected chi connectivity index (χ2v) is 21.2. The fourth-order valence-electron chi connectivity index (χ4n) is 3.33. The SMILES string of the molecule is CC(C)=CCC/C(C)=C/CC(P(=O)(OCOC(=O)C(C)(C)C)OCOC(=O)C(C)(C)C)P(=O)(OCOC(=O)C(C)(C)C)OCOC(=O)C(C)(C)C. The van der Waals surface area contributed by atoms with Crippen LogP contribution in [0.3, 0.4) is 0 Å². The first-order valence-corrected chi connectivity index (χ1v) is 19.9. The van der Waals surface area contributed by atoms with Crippen LogP contribution in [0.25, 0.3) is 0 Å². The maximum absolute atomic E-state index is 14.8. The molecule has 0 N–H and O–H groups in total. The van der Waals surface area contributed by atoms with E-state index in [0.29, 0.717) is 12.8 Å². The Bertz CT molecular complexity index is 1180. The van der Waals surface area contributed by atoms with Crippen molar-refractivity contribution in [2.75, 3.05) is 27.2 Å². The molecule has 0 heterocycles. The van der Waals surface area contributed by atoms with Crippen LogP contribution in [0.4, 0.5) is 0 Å². The van der Waals surface area contributed by atoms with E-state index in [0.717, 1.165) is 11.1 Å². The minimum atomic E-state index is -4.86. The molecule has 0 aromatic carbocycles. The van der Waals surface area contributed by atoms with Crippen LogP contribution in [0.15, 0.2) is 23.3 Å². The monoisotopic (exact) mass is 768 g/mol. The molecule has 16 heteroatoms. The Morgan fingerprint density at radius 2 is 0.784 bits per heavy atom. The summed E-state index contributed by atoms with van der Waals surface area (Å²) in [6.45, 7) is 21.2. The molecular weight excluding hydrogens is 706 g/mol. The van der Waals surface area contributed by atoms with Gasteiger partial charge in [0.15, 0.2) is 5.40 Å². The van der Waals surface area contributed by atoms with Gasteiger partial charge in [0.05, 0.1) is 21.7 Å². The zero-order valence-electron chi connectivity index (χ0n) is 33.3. The molecule has 0 atom stereocenters. The lowest BCUT2D eigenvalue weighted by Gasteiger charge is -2.31. The highest BCUT2D eigenvalue weighted by molar-refractivity contribution is 7.72. The van der Waals surface area contributed by atoms with Crippen molar-refractivity contribution in [2.24, 2.45) is 21.7 Å². The van der Waals surface area contributed by atoms with Gasteiger partial charge in [-0.25, -0.2) is 0 Å². The van der Waals surface area contributed by atoms with E-state index < -0.39 is 93.3 Å². The van der Waals surface area contributed by atoms with Crippen molar-refractivity contribution in [1.29, 1.82) is 0 Å². The Morgan fingerprint density at radius 1 is 0.510 bits per heavy atom. The maximum Gasteiger partial charge on any atom is 0.351 e. The predicted molar refractivity (Wildman–Crippen MR) is 192 cm³/mol. The Kier molecular flexibility index (Phi) is 19.3. The molecule has 0 saturated heterocycles. The Morgan fingerprint density at radius 3 is 1.02 bits per heavy atom. The highest BCUT2D eigenvalue weighted by Gasteiger charge is 2.52. The van der Waals surface area contributed by atoms with Gasteiger partial charge in [0.25, 0.3) is 0 Å². The summed E-state index contributed by atoms with van der Waals surface area (Å²) in [7, 11) is -9.73. The molecule has 0 amide bonds. The average Bonchev–Trinajstić information content (AvgIpc) is 2.94. The van der Waals surface area contributed by atoms with E-state index in [2.05, 4.69) is 0 Å². The minimum absolute atomic E-state index is 0.337. The average molecular weight is 769 g/mol. The molecule has 0 fully saturated rings. The molecule has 0 aromatic rings. The lowest BCUT2D eigenvalue weighted by molar-refractivity contribution is -0.163. The van der Waals surface area contributed by atoms with Crippen molar-refractivity contribution in [2.45, 2.75) is 129 Å². The normalized spacial score (nSPS) is 13.5. The van der Waals surface area contributed by atoms with E-state index in [9.17, 15) is 28.3 Å². The molecule has 0 rings (SSSR count). The Balaban J connectivity index is 7.12. The first kappa shape index (κ1) is 48.7. The lowest BCUT2D eigenvalue weighted by Crippen LogP contribution is -2.28. The number of ether oxygens (including phenoxy) is 4. The van der Waals surface area contributed by atoms with Gasteiger partial charge >= 0.3 is 39.1 Å². The van der Waals surface area contributed by atoms with Gasteiger partial charge in [-0.05, 0) is 123 Å². The molecule has 0 aliphatic carbocycles. The molecule has 0 spiro atoms. The van der Waals surface area contributed by atoms with Gasteiger partial charge in [-0.1, -0.05) is 23.3 Å². The van der Waals surface area contributed by atoms with Crippen LogP contribution >= 0.6 is 15.2 Å². The Hall–Kier alpha value is -2.34. The topological polar surface area (TPSA) is 176 Å². The number of carbonyl (C=O) groups excluding carboxylic acids is 4. The van der Waals surface area contributed by atoms with E-state index in [1.54, 1.807) is 89.2 Å². The first-order chi connectivity index (χ1) is 23.0. The summed E-state index contributed by atoms with van der Waals surface area (Å²) in [4.78, 5) is 50.2. The summed E-state index contributed by atoms with van der Waals surface area (Å²) in [6, 6.07) is 0. The summed E-state index contributed by atoms with van der Waals surface area (Å²) in [5, 5.41) is -1.84. The van der Waals surface area contributed by atoms with Crippen LogP contribution in [-0.2, 0) is 65.4 Å². The molecular formula is C35H62O14P2. The van der Waals surface area contributed by atoms with Gasteiger partial charge in [-0.2, -0.15) is 0 Å². The van der Waals surface area contributed by atoms with Gasteiger partial charge in [-0.3, -0.25) is 46.4 Å². The van der Waals surface area contributed by atoms with Crippen molar-refractivity contribution < 1.29 is 65.4 Å². The highest BCUT2D eigenvalue weighted by Crippen LogP contribution is 2.71. The van der Waals surface area contributed by atoms with Crippen molar-refractivity contribution in [3.8, 4) is 0 Å². The number of rotatable bonds is 19. The van der Waals surface area contributed by atoms with Crippen LogP contribution in [0.2, 0.25) is 0 Å². The molecule has 14 nitrogen and oxygen atoms in total. The van der Waals surface area contributed by atoms with Crippen LogP contribution in [0.5, 0.6) is 0 Å². The fraction of sp³-hybridized carbons (Fsp3) is 0.771. The van der Waals surface area contributed by atoms with Crippen LogP contribution in [0.1, 0.15) is 123 Å². The van der Waals surface area contributed by atoms with E-state index >= 15 is 0 Å². The third kappa shape index (κ3) is 18.8. The third-order valence-electron chi connectivity index (χ3n) is 6.64. The number of hydrogen-bond donors (Lipinski definition) is 0. The van der Waals surface area contributed by atoms with E-state index in [1.807, 2.05) is 26.8 Å². The molecule has 0 bridgehead atoms. The third-order valence-corrected chi connectivity index (χ3v) is 12.1. The van der Waals surface area contributed by atoms with Gasteiger partial charge < -0.3 is 18.9 Å². The molecule has 0 aromatic heterocycles. The number of esters is 4. The number of allylic oxidation sites excluding steroid dienone is 4. The van der Waals surface area contributed by atoms with E-state index in [4.69, 9.17) is 37.0 Å². The van der Waals surface area contributed by atoms with Crippen LogP contribution < -0.4 is 0 Å². The maximum atomic E-state index is 14.8. The molecule has 0 unspecified atom stereocenters. The summed E-state index contributed by atoms with van der Waals surface area (Å²) in [5.41, 5.74) is -1.94. The highest BCUT2D eigenvalue weighted by atomic mass is 31.2. The zero-order chi connectivity index (χ0) is 40.1. The van der Waals surface area contributed by atoms with Gasteiger partial charge in [0.2, 0.25) is 27.2 Å². The molecule has 0 aliphatic heterocycles. The fourth-order valence-corrected chi connectivity index (χ4v) is 7.88. The second kappa shape index (κ2) is 20.2. The summed E-state index contributed by atoms with van der Waals surface area (Å²) in [5.74, 6) is -2.84. The first-order valence-electron chi connectivity index (χ1n) is 16.7. The molecule has 0 radical (unpaired) electrons. The van der Waals surface area contributed by atoms with E-state index in [-0.39, 0.29) is 6.42 Å². The zero-order valence-corrected chi connectivity index (χ0v) is 35.1. The molecule has 51 heavy (non-hydrogen) atoms. The minimum Gasteiger partial charge on any atom is -0.438 e. The van der Waals surface area contributed by atoms with Gasteiger partial charge in [0.1, 0.15) is 0 Å². The van der Waals surface area contributed by atoms with Gasteiger partial charge in [-0.15, -0.1) is 0 Å². The largest absolute Gasteiger partial charge is 0.438 e. The van der Waals surface area contributed by atoms with Crippen LogP contribution in [0, 0.1) is 21.7 Å². The summed E-state index contributed by atoms with van der Waals surface area (Å²) in [6.07, 6.45) is 4.59. The van der Waals surface area contributed by atoms with Gasteiger partial charge in [0, 0.05) is 0 Å². The molecule has 0 aliphatic rings. The van der Waals surface area contributed by atoms with Crippen molar-refractivity contribution in [3.05, 3.63) is 23.3 Å². The van der Waals surface area contributed by atoms with Crippen LogP contribution in [-0.4, -0.2) is 56.4 Å². The molecule has 0 saturated carbocycles. The molecule has 296 valence electrons. The van der Waals surface area contributed by atoms with Crippen molar-refractivity contribution in [1.82, 2.24) is 0 Å². The predicted octanol–water partition coefficient (Wildman–Crippen LogP) is 9.04. The summed E-state index contributed by atoms with van der Waals surface area (Å²) >= 11 is 0. The number of carbonyl (C=O) groups is 4. The summed E-state index contributed by atoms with van der Waals surface area (Å²) < 4.78 is 72.8. The quantitative estimate of drug-likeness (QED) is 0.0400.